The van der Waals surface area contributed by atoms with E-state index in [2.05, 4.69) is 4.99 Å². The number of non-ortho nitro benzene ring substituents is 1. The molecular weight excluding hydrogens is 422 g/mol. The van der Waals surface area contributed by atoms with Crippen molar-refractivity contribution >= 4 is 29.1 Å². The fraction of sp³-hybridized carbons (Fsp3) is 0.190. The Labute approximate surface area is 179 Å². The lowest BCUT2D eigenvalue weighted by atomic mass is 10.0. The average Bonchev–Trinajstić information content (AvgIpc) is 3.36. The molecule has 0 fully saturated rings. The van der Waals surface area contributed by atoms with Gasteiger partial charge in [-0.25, -0.2) is 9.79 Å². The summed E-state index contributed by atoms with van der Waals surface area (Å²) in [5.41, 5.74) is 0.935. The predicted molar refractivity (Wildman–Crippen MR) is 112 cm³/mol. The molecule has 0 unspecified atom stereocenters. The summed E-state index contributed by atoms with van der Waals surface area (Å²) in [6, 6.07) is 8.45. The van der Waals surface area contributed by atoms with Gasteiger partial charge >= 0.3 is 5.97 Å². The molecular formula is C21H17N3O6S. The molecule has 4 rings (SSSR count). The van der Waals surface area contributed by atoms with Crippen LogP contribution in [0.15, 0.2) is 68.1 Å². The molecule has 0 spiro atoms. The maximum Gasteiger partial charge on any atom is 0.338 e. The number of esters is 1. The van der Waals surface area contributed by atoms with Crippen molar-refractivity contribution in [3.05, 3.63) is 95.1 Å². The molecule has 0 amide bonds. The zero-order chi connectivity index (χ0) is 22.1. The molecule has 158 valence electrons. The third-order valence-electron chi connectivity index (χ3n) is 4.73. The van der Waals surface area contributed by atoms with Gasteiger partial charge in [-0.1, -0.05) is 11.3 Å². The Balaban J connectivity index is 1.88. The number of hydrogen-bond acceptors (Lipinski definition) is 8. The zero-order valence-electron chi connectivity index (χ0n) is 16.6. The lowest BCUT2D eigenvalue weighted by molar-refractivity contribution is -0.384. The number of carbonyl (C=O) groups excluding carboxylic acids is 1. The molecule has 1 aliphatic heterocycles. The summed E-state index contributed by atoms with van der Waals surface area (Å²) in [7, 11) is 0. The van der Waals surface area contributed by atoms with Crippen LogP contribution in [-0.2, 0) is 9.53 Å². The van der Waals surface area contributed by atoms with Crippen LogP contribution in [0, 0.1) is 10.1 Å². The number of hydrogen-bond donors (Lipinski definition) is 0. The number of rotatable bonds is 5. The number of nitro benzene ring substituents is 1. The zero-order valence-corrected chi connectivity index (χ0v) is 17.4. The minimum Gasteiger partial charge on any atom is -0.467 e. The van der Waals surface area contributed by atoms with Crippen molar-refractivity contribution in [2.24, 2.45) is 4.99 Å². The minimum absolute atomic E-state index is 0.0360. The Morgan fingerprint density at radius 2 is 2.10 bits per heavy atom. The maximum absolute atomic E-state index is 13.3. The van der Waals surface area contributed by atoms with Gasteiger partial charge in [0.25, 0.3) is 11.2 Å². The van der Waals surface area contributed by atoms with Gasteiger partial charge in [-0.15, -0.1) is 0 Å². The maximum atomic E-state index is 13.3. The molecule has 1 atom stereocenters. The number of carbonyl (C=O) groups is 1. The van der Waals surface area contributed by atoms with Crippen LogP contribution >= 0.6 is 11.3 Å². The Morgan fingerprint density at radius 1 is 1.35 bits per heavy atom. The van der Waals surface area contributed by atoms with Crippen LogP contribution in [0.4, 0.5) is 5.69 Å². The summed E-state index contributed by atoms with van der Waals surface area (Å²) in [6.45, 7) is 3.58. The number of thiazole rings is 1. The van der Waals surface area contributed by atoms with E-state index in [1.807, 2.05) is 0 Å². The van der Waals surface area contributed by atoms with Crippen LogP contribution in [0.25, 0.3) is 6.08 Å². The summed E-state index contributed by atoms with van der Waals surface area (Å²) >= 11 is 1.17. The SMILES string of the molecule is CCOC(=O)C1=C(C)N=c2s/c(=C\c3ccc([N+](=O)[O-])cc3)c(=O)n2[C@@H]1c1ccco1. The normalized spacial score (nSPS) is 16.1. The third kappa shape index (κ3) is 3.73. The summed E-state index contributed by atoms with van der Waals surface area (Å²) in [4.78, 5) is 41.2. The molecule has 3 heterocycles. The molecule has 0 aliphatic carbocycles. The van der Waals surface area contributed by atoms with E-state index >= 15 is 0 Å². The molecule has 0 saturated heterocycles. The molecule has 31 heavy (non-hydrogen) atoms. The lowest BCUT2D eigenvalue weighted by Gasteiger charge is -2.22. The van der Waals surface area contributed by atoms with E-state index in [1.165, 1.54) is 34.3 Å². The standard InChI is InChI=1S/C21H17N3O6S/c1-3-29-20(26)17-12(2)22-21-23(18(17)15-5-4-10-30-15)19(25)16(31-21)11-13-6-8-14(9-7-13)24(27)28/h4-11,18H,3H2,1-2H3/b16-11-/t18-/m1/s1. The smallest absolute Gasteiger partial charge is 0.338 e. The molecule has 0 saturated carbocycles. The van der Waals surface area contributed by atoms with Crippen molar-refractivity contribution < 1.29 is 18.9 Å². The highest BCUT2D eigenvalue weighted by molar-refractivity contribution is 7.07. The lowest BCUT2D eigenvalue weighted by Crippen LogP contribution is -2.39. The Kier molecular flexibility index (Phi) is 5.38. The van der Waals surface area contributed by atoms with Crippen molar-refractivity contribution in [3.63, 3.8) is 0 Å². The fourth-order valence-corrected chi connectivity index (χ4v) is 4.40. The van der Waals surface area contributed by atoms with E-state index in [0.29, 0.717) is 26.4 Å². The fourth-order valence-electron chi connectivity index (χ4n) is 3.35. The van der Waals surface area contributed by atoms with Gasteiger partial charge in [-0.2, -0.15) is 0 Å². The van der Waals surface area contributed by atoms with Crippen molar-refractivity contribution in [1.29, 1.82) is 0 Å². The number of ether oxygens (including phenoxy) is 1. The Bertz CT molecular complexity index is 1360. The van der Waals surface area contributed by atoms with Crippen molar-refractivity contribution in [1.82, 2.24) is 4.57 Å². The number of furan rings is 1. The van der Waals surface area contributed by atoms with Gasteiger partial charge in [0.05, 0.1) is 33.6 Å². The largest absolute Gasteiger partial charge is 0.467 e. The van der Waals surface area contributed by atoms with E-state index in [4.69, 9.17) is 9.15 Å². The van der Waals surface area contributed by atoms with Gasteiger partial charge in [0, 0.05) is 12.1 Å². The summed E-state index contributed by atoms with van der Waals surface area (Å²) < 4.78 is 12.5. The van der Waals surface area contributed by atoms with E-state index in [-0.39, 0.29) is 23.4 Å². The number of aromatic nitrogens is 1. The first-order valence-corrected chi connectivity index (χ1v) is 10.2. The number of benzene rings is 1. The topological polar surface area (TPSA) is 117 Å². The predicted octanol–water partition coefficient (Wildman–Crippen LogP) is 2.30. The van der Waals surface area contributed by atoms with Crippen LogP contribution in [0.2, 0.25) is 0 Å². The van der Waals surface area contributed by atoms with E-state index in [9.17, 15) is 19.7 Å². The molecule has 10 heteroatoms. The first-order chi connectivity index (χ1) is 14.9. The number of allylic oxidation sites excluding steroid dienone is 1. The van der Waals surface area contributed by atoms with Crippen LogP contribution in [0.3, 0.4) is 0 Å². The van der Waals surface area contributed by atoms with Crippen molar-refractivity contribution in [2.45, 2.75) is 19.9 Å². The molecule has 1 aromatic carbocycles. The molecule has 0 radical (unpaired) electrons. The second kappa shape index (κ2) is 8.15. The van der Waals surface area contributed by atoms with Crippen molar-refractivity contribution in [2.75, 3.05) is 6.61 Å². The second-order valence-corrected chi connectivity index (χ2v) is 7.68. The van der Waals surface area contributed by atoms with Crippen LogP contribution in [-0.4, -0.2) is 22.1 Å². The Morgan fingerprint density at radius 3 is 2.71 bits per heavy atom. The van der Waals surface area contributed by atoms with Crippen molar-refractivity contribution in [3.8, 4) is 0 Å². The van der Waals surface area contributed by atoms with E-state index in [1.54, 1.807) is 44.2 Å². The quantitative estimate of drug-likeness (QED) is 0.342. The first kappa shape index (κ1) is 20.5. The molecule has 0 N–H and O–H groups in total. The van der Waals surface area contributed by atoms with E-state index < -0.39 is 16.9 Å². The van der Waals surface area contributed by atoms with Gasteiger partial charge in [0.1, 0.15) is 11.8 Å². The highest BCUT2D eigenvalue weighted by Gasteiger charge is 2.34. The van der Waals surface area contributed by atoms with Gasteiger partial charge < -0.3 is 9.15 Å². The van der Waals surface area contributed by atoms with Gasteiger partial charge in [-0.05, 0) is 49.8 Å². The summed E-state index contributed by atoms with van der Waals surface area (Å²) in [5.74, 6) is -0.143. The average molecular weight is 439 g/mol. The highest BCUT2D eigenvalue weighted by atomic mass is 32.1. The van der Waals surface area contributed by atoms with Crippen LogP contribution in [0.5, 0.6) is 0 Å². The Hall–Kier alpha value is -3.79. The van der Waals surface area contributed by atoms with E-state index in [0.717, 1.165) is 0 Å². The summed E-state index contributed by atoms with van der Waals surface area (Å²) in [5, 5.41) is 10.8. The van der Waals surface area contributed by atoms with Gasteiger partial charge in [0.2, 0.25) is 0 Å². The van der Waals surface area contributed by atoms with Gasteiger partial charge in [0.15, 0.2) is 4.80 Å². The molecule has 0 bridgehead atoms. The second-order valence-electron chi connectivity index (χ2n) is 6.67. The number of nitrogens with zero attached hydrogens (tertiary/aromatic N) is 3. The molecule has 9 nitrogen and oxygen atoms in total. The van der Waals surface area contributed by atoms with Gasteiger partial charge in [-0.3, -0.25) is 19.5 Å². The first-order valence-electron chi connectivity index (χ1n) is 9.38. The third-order valence-corrected chi connectivity index (χ3v) is 5.71. The van der Waals surface area contributed by atoms with Crippen LogP contribution < -0.4 is 14.9 Å². The highest BCUT2D eigenvalue weighted by Crippen LogP contribution is 2.30. The van der Waals surface area contributed by atoms with Crippen LogP contribution in [0.1, 0.15) is 31.2 Å². The number of fused-ring (bicyclic) bond motifs is 1. The number of nitro groups is 1. The summed E-state index contributed by atoms with van der Waals surface area (Å²) in [6.07, 6.45) is 3.11. The monoisotopic (exact) mass is 439 g/mol. The molecule has 1 aliphatic rings. The molecule has 2 aromatic heterocycles. The minimum atomic E-state index is -0.802. The molecule has 3 aromatic rings.